The molecule has 0 aliphatic heterocycles. The molecule has 0 heterocycles. The highest BCUT2D eigenvalue weighted by molar-refractivity contribution is 9.11. The zero-order valence-electron chi connectivity index (χ0n) is 10.7. The maximum absolute atomic E-state index is 10.9. The van der Waals surface area contributed by atoms with E-state index in [2.05, 4.69) is 45.4 Å². The fourth-order valence-corrected chi connectivity index (χ4v) is 3.04. The largest absolute Gasteiger partial charge is 0.488 e. The van der Waals surface area contributed by atoms with Crippen molar-refractivity contribution in [3.05, 3.63) is 39.3 Å². The van der Waals surface area contributed by atoms with Gasteiger partial charge in [-0.25, -0.2) is 4.79 Å². The minimum Gasteiger partial charge on any atom is -0.488 e. The Bertz CT molecular complexity index is 435. The summed E-state index contributed by atoms with van der Waals surface area (Å²) in [7, 11) is 0. The molecule has 0 saturated heterocycles. The molecule has 3 nitrogen and oxygen atoms in total. The number of hydrogen-bond acceptors (Lipinski definition) is 3. The van der Waals surface area contributed by atoms with E-state index in [0.29, 0.717) is 6.61 Å². The lowest BCUT2D eigenvalue weighted by atomic mass is 10.1. The van der Waals surface area contributed by atoms with Crippen LogP contribution in [-0.4, -0.2) is 19.2 Å². The number of carbonyl (C=O) groups excluding carboxylic acids is 1. The van der Waals surface area contributed by atoms with Gasteiger partial charge in [-0.2, -0.15) is 0 Å². The SMILES string of the molecule is C=CC(=O)OCCOc1c(Br)cc(CCC)cc1Br. The lowest BCUT2D eigenvalue weighted by molar-refractivity contribution is -0.138. The van der Waals surface area contributed by atoms with Crippen LogP contribution in [0, 0.1) is 0 Å². The van der Waals surface area contributed by atoms with E-state index in [4.69, 9.17) is 9.47 Å². The molecule has 0 spiro atoms. The number of hydrogen-bond donors (Lipinski definition) is 0. The number of rotatable bonds is 7. The summed E-state index contributed by atoms with van der Waals surface area (Å²) in [6, 6.07) is 4.08. The number of ether oxygens (including phenoxy) is 2. The van der Waals surface area contributed by atoms with E-state index in [9.17, 15) is 4.79 Å². The first-order valence-electron chi connectivity index (χ1n) is 5.98. The Labute approximate surface area is 130 Å². The van der Waals surface area contributed by atoms with E-state index in [-0.39, 0.29) is 6.61 Å². The Morgan fingerprint density at radius 2 is 1.95 bits per heavy atom. The summed E-state index contributed by atoms with van der Waals surface area (Å²) in [5.41, 5.74) is 1.24. The molecule has 0 fully saturated rings. The first kappa shape index (κ1) is 16.2. The van der Waals surface area contributed by atoms with Gasteiger partial charge in [0, 0.05) is 6.08 Å². The number of benzene rings is 1. The van der Waals surface area contributed by atoms with Gasteiger partial charge in [0.2, 0.25) is 0 Å². The maximum Gasteiger partial charge on any atom is 0.330 e. The Morgan fingerprint density at radius 3 is 2.47 bits per heavy atom. The van der Waals surface area contributed by atoms with E-state index in [1.807, 2.05) is 12.1 Å². The number of carbonyl (C=O) groups is 1. The second-order valence-electron chi connectivity index (χ2n) is 3.86. The van der Waals surface area contributed by atoms with Gasteiger partial charge in [0.05, 0.1) is 8.95 Å². The molecule has 0 aliphatic rings. The minimum atomic E-state index is -0.444. The molecule has 1 aromatic rings. The van der Waals surface area contributed by atoms with Crippen molar-refractivity contribution in [2.45, 2.75) is 19.8 Å². The van der Waals surface area contributed by atoms with Crippen LogP contribution < -0.4 is 4.74 Å². The smallest absolute Gasteiger partial charge is 0.330 e. The van der Waals surface area contributed by atoms with E-state index in [1.165, 1.54) is 5.56 Å². The monoisotopic (exact) mass is 390 g/mol. The molecule has 0 aliphatic carbocycles. The molecule has 104 valence electrons. The normalized spacial score (nSPS) is 10.1. The zero-order valence-corrected chi connectivity index (χ0v) is 13.9. The van der Waals surface area contributed by atoms with Crippen molar-refractivity contribution >= 4 is 37.8 Å². The third-order valence-corrected chi connectivity index (χ3v) is 3.52. The molecule has 0 atom stereocenters. The van der Waals surface area contributed by atoms with Crippen LogP contribution in [0.2, 0.25) is 0 Å². The van der Waals surface area contributed by atoms with Gasteiger partial charge in [0.25, 0.3) is 0 Å². The summed E-state index contributed by atoms with van der Waals surface area (Å²) in [5, 5.41) is 0. The second-order valence-corrected chi connectivity index (χ2v) is 5.57. The maximum atomic E-state index is 10.9. The third-order valence-electron chi connectivity index (χ3n) is 2.34. The second kappa shape index (κ2) is 8.38. The molecule has 1 aromatic carbocycles. The van der Waals surface area contributed by atoms with Gasteiger partial charge in [-0.15, -0.1) is 0 Å². The molecule has 19 heavy (non-hydrogen) atoms. The van der Waals surface area contributed by atoms with Crippen molar-refractivity contribution in [1.29, 1.82) is 0 Å². The molecule has 0 unspecified atom stereocenters. The average molecular weight is 392 g/mol. The van der Waals surface area contributed by atoms with Gasteiger partial charge in [-0.1, -0.05) is 19.9 Å². The molecule has 5 heteroatoms. The predicted octanol–water partition coefficient (Wildman–Crippen LogP) is 4.27. The molecule has 0 bridgehead atoms. The lowest BCUT2D eigenvalue weighted by Crippen LogP contribution is -2.10. The summed E-state index contributed by atoms with van der Waals surface area (Å²) in [6.07, 6.45) is 3.25. The van der Waals surface area contributed by atoms with Gasteiger partial charge in [-0.3, -0.25) is 0 Å². The summed E-state index contributed by atoms with van der Waals surface area (Å²) in [4.78, 5) is 10.9. The lowest BCUT2D eigenvalue weighted by Gasteiger charge is -2.12. The average Bonchev–Trinajstić information content (AvgIpc) is 2.37. The van der Waals surface area contributed by atoms with Gasteiger partial charge in [-0.05, 0) is 56.0 Å². The Balaban J connectivity index is 2.58. The Kier molecular flexibility index (Phi) is 7.16. The summed E-state index contributed by atoms with van der Waals surface area (Å²) >= 11 is 6.97. The molecule has 0 saturated carbocycles. The highest BCUT2D eigenvalue weighted by Crippen LogP contribution is 2.35. The molecular formula is C14H16Br2O3. The van der Waals surface area contributed by atoms with Crippen molar-refractivity contribution in [3.63, 3.8) is 0 Å². The topological polar surface area (TPSA) is 35.5 Å². The Hall–Kier alpha value is -0.810. The number of halogens is 2. The highest BCUT2D eigenvalue weighted by Gasteiger charge is 2.09. The predicted molar refractivity (Wildman–Crippen MR) is 82.5 cm³/mol. The fraction of sp³-hybridized carbons (Fsp3) is 0.357. The van der Waals surface area contributed by atoms with Crippen LogP contribution >= 0.6 is 31.9 Å². The standard InChI is InChI=1S/C14H16Br2O3/c1-3-5-10-8-11(15)14(12(16)9-10)19-7-6-18-13(17)4-2/h4,8-9H,2-3,5-7H2,1H3. The fourth-order valence-electron chi connectivity index (χ4n) is 1.53. The number of esters is 1. The third kappa shape index (κ3) is 5.37. The molecule has 0 amide bonds. The summed E-state index contributed by atoms with van der Waals surface area (Å²) < 4.78 is 12.2. The van der Waals surface area contributed by atoms with Crippen molar-refractivity contribution < 1.29 is 14.3 Å². The highest BCUT2D eigenvalue weighted by atomic mass is 79.9. The Morgan fingerprint density at radius 1 is 1.32 bits per heavy atom. The van der Waals surface area contributed by atoms with E-state index >= 15 is 0 Å². The van der Waals surface area contributed by atoms with Crippen molar-refractivity contribution in [2.24, 2.45) is 0 Å². The molecular weight excluding hydrogens is 376 g/mol. The summed E-state index contributed by atoms with van der Waals surface area (Å²) in [6.45, 7) is 5.95. The van der Waals surface area contributed by atoms with Crippen LogP contribution in [0.5, 0.6) is 5.75 Å². The van der Waals surface area contributed by atoms with Crippen LogP contribution in [0.3, 0.4) is 0 Å². The minimum absolute atomic E-state index is 0.195. The molecule has 0 aromatic heterocycles. The molecule has 0 N–H and O–H groups in total. The van der Waals surface area contributed by atoms with Gasteiger partial charge in [0.1, 0.15) is 19.0 Å². The van der Waals surface area contributed by atoms with Crippen molar-refractivity contribution in [1.82, 2.24) is 0 Å². The van der Waals surface area contributed by atoms with Crippen LogP contribution in [0.1, 0.15) is 18.9 Å². The van der Waals surface area contributed by atoms with Gasteiger partial charge >= 0.3 is 5.97 Å². The van der Waals surface area contributed by atoms with Gasteiger partial charge in [0.15, 0.2) is 0 Å². The first-order chi connectivity index (χ1) is 9.08. The van der Waals surface area contributed by atoms with E-state index in [1.54, 1.807) is 0 Å². The summed E-state index contributed by atoms with van der Waals surface area (Å²) in [5.74, 6) is 0.273. The van der Waals surface area contributed by atoms with Crippen molar-refractivity contribution in [2.75, 3.05) is 13.2 Å². The first-order valence-corrected chi connectivity index (χ1v) is 7.57. The molecule has 1 rings (SSSR count). The van der Waals surface area contributed by atoms with Gasteiger partial charge < -0.3 is 9.47 Å². The van der Waals surface area contributed by atoms with Crippen LogP contribution in [0.4, 0.5) is 0 Å². The van der Waals surface area contributed by atoms with Crippen LogP contribution in [0.15, 0.2) is 33.7 Å². The quantitative estimate of drug-likeness (QED) is 0.395. The van der Waals surface area contributed by atoms with Crippen LogP contribution in [0.25, 0.3) is 0 Å². The van der Waals surface area contributed by atoms with E-state index in [0.717, 1.165) is 33.6 Å². The van der Waals surface area contributed by atoms with E-state index < -0.39 is 5.97 Å². The van der Waals surface area contributed by atoms with Crippen molar-refractivity contribution in [3.8, 4) is 5.75 Å². The molecule has 0 radical (unpaired) electrons. The number of aryl methyl sites for hydroxylation is 1. The zero-order chi connectivity index (χ0) is 14.3. The van der Waals surface area contributed by atoms with Crippen LogP contribution in [-0.2, 0) is 16.0 Å².